The van der Waals surface area contributed by atoms with Gasteiger partial charge in [0.05, 0.1) is 12.2 Å². The summed E-state index contributed by atoms with van der Waals surface area (Å²) in [5, 5.41) is 2.80. The highest BCUT2D eigenvalue weighted by atomic mass is 16.1. The van der Waals surface area contributed by atoms with Gasteiger partial charge in [0.1, 0.15) is 5.82 Å². The number of aromatic nitrogens is 2. The highest BCUT2D eigenvalue weighted by Gasteiger charge is 2.09. The predicted octanol–water partition coefficient (Wildman–Crippen LogP) is 2.85. The molecule has 4 heteroatoms. The van der Waals surface area contributed by atoms with Crippen LogP contribution in [0.2, 0.25) is 0 Å². The van der Waals surface area contributed by atoms with E-state index in [9.17, 15) is 4.79 Å². The third kappa shape index (κ3) is 4.19. The zero-order valence-electron chi connectivity index (χ0n) is 12.9. The number of carbonyl (C=O) groups is 1. The van der Waals surface area contributed by atoms with Gasteiger partial charge in [-0.2, -0.15) is 0 Å². The fourth-order valence-corrected chi connectivity index (χ4v) is 2.13. The lowest BCUT2D eigenvalue weighted by Crippen LogP contribution is -2.23. The second-order valence-corrected chi connectivity index (χ2v) is 5.22. The Hall–Kier alpha value is -2.62. The number of rotatable bonds is 7. The Balaban J connectivity index is 2.13. The van der Waals surface area contributed by atoms with Crippen LogP contribution in [-0.4, -0.2) is 15.5 Å². The summed E-state index contributed by atoms with van der Waals surface area (Å²) in [6, 6.07) is 10.2. The maximum absolute atomic E-state index is 11.6. The number of nitrogens with one attached hydrogen (secondary N) is 1. The van der Waals surface area contributed by atoms with E-state index in [2.05, 4.69) is 40.2 Å². The highest BCUT2D eigenvalue weighted by Crippen LogP contribution is 2.10. The van der Waals surface area contributed by atoms with Gasteiger partial charge in [-0.1, -0.05) is 43.0 Å². The average molecular weight is 295 g/mol. The second kappa shape index (κ2) is 7.41. The molecule has 22 heavy (non-hydrogen) atoms. The minimum absolute atomic E-state index is 0.150. The van der Waals surface area contributed by atoms with Crippen LogP contribution in [0, 0.1) is 0 Å². The van der Waals surface area contributed by atoms with Crippen LogP contribution in [0.1, 0.15) is 24.0 Å². The quantitative estimate of drug-likeness (QED) is 0.630. The molecule has 4 nitrogen and oxygen atoms in total. The fourth-order valence-electron chi connectivity index (χ4n) is 2.13. The van der Waals surface area contributed by atoms with Gasteiger partial charge >= 0.3 is 0 Å². The first-order valence-electron chi connectivity index (χ1n) is 7.23. The summed E-state index contributed by atoms with van der Waals surface area (Å²) in [5.74, 6) is 0.793. The lowest BCUT2D eigenvalue weighted by molar-refractivity contribution is -0.117. The smallest absolute Gasteiger partial charge is 0.246 e. The first-order chi connectivity index (χ1) is 10.6. The molecule has 2 rings (SSSR count). The molecule has 0 radical (unpaired) electrons. The molecule has 0 spiro atoms. The molecule has 2 aromatic rings. The van der Waals surface area contributed by atoms with Crippen molar-refractivity contribution in [3.63, 3.8) is 0 Å². The highest BCUT2D eigenvalue weighted by molar-refractivity contribution is 5.91. The summed E-state index contributed by atoms with van der Waals surface area (Å²) in [5.41, 5.74) is 2.54. The van der Waals surface area contributed by atoms with E-state index in [-0.39, 0.29) is 5.91 Å². The molecule has 1 heterocycles. The lowest BCUT2D eigenvalue weighted by atomic mass is 10.2. The number of hydrogen-bond donors (Lipinski definition) is 1. The van der Waals surface area contributed by atoms with Crippen molar-refractivity contribution in [1.82, 2.24) is 14.9 Å². The third-order valence-corrected chi connectivity index (χ3v) is 3.25. The van der Waals surface area contributed by atoms with Crippen LogP contribution in [0.5, 0.6) is 0 Å². The van der Waals surface area contributed by atoms with Gasteiger partial charge in [-0.25, -0.2) is 4.98 Å². The van der Waals surface area contributed by atoms with Crippen LogP contribution in [0.4, 0.5) is 0 Å². The van der Waals surface area contributed by atoms with Crippen LogP contribution >= 0.6 is 0 Å². The molecule has 0 saturated heterocycles. The van der Waals surface area contributed by atoms with Gasteiger partial charge in [0, 0.05) is 24.7 Å². The maximum atomic E-state index is 11.6. The van der Waals surface area contributed by atoms with Gasteiger partial charge in [0.2, 0.25) is 5.91 Å². The standard InChI is InChI=1S/C18H21N3O/c1-4-8-17-20-16(11-19-18(22)14(2)3)13-21(17)12-15-9-6-5-7-10-15/h4-7,9-10,13H,1-2,8,11-12H2,3H3,(H,19,22). The van der Waals surface area contributed by atoms with E-state index in [0.29, 0.717) is 18.5 Å². The van der Waals surface area contributed by atoms with Gasteiger partial charge in [0.25, 0.3) is 0 Å². The van der Waals surface area contributed by atoms with E-state index < -0.39 is 0 Å². The van der Waals surface area contributed by atoms with E-state index in [1.165, 1.54) is 5.56 Å². The topological polar surface area (TPSA) is 46.9 Å². The molecule has 1 N–H and O–H groups in total. The summed E-state index contributed by atoms with van der Waals surface area (Å²) < 4.78 is 2.10. The van der Waals surface area contributed by atoms with Crippen molar-refractivity contribution in [3.8, 4) is 0 Å². The Bertz CT molecular complexity index is 671. The Kier molecular flexibility index (Phi) is 5.31. The molecular weight excluding hydrogens is 274 g/mol. The Morgan fingerprint density at radius 1 is 1.36 bits per heavy atom. The number of nitrogens with zero attached hydrogens (tertiary/aromatic N) is 2. The van der Waals surface area contributed by atoms with Crippen molar-refractivity contribution in [2.45, 2.75) is 26.4 Å². The lowest BCUT2D eigenvalue weighted by Gasteiger charge is -2.06. The van der Waals surface area contributed by atoms with Crippen molar-refractivity contribution in [1.29, 1.82) is 0 Å². The largest absolute Gasteiger partial charge is 0.347 e. The molecule has 0 atom stereocenters. The molecule has 1 amide bonds. The van der Waals surface area contributed by atoms with Crippen LogP contribution in [-0.2, 0) is 24.3 Å². The average Bonchev–Trinajstić information content (AvgIpc) is 2.88. The minimum atomic E-state index is -0.150. The number of hydrogen-bond acceptors (Lipinski definition) is 2. The summed E-state index contributed by atoms with van der Waals surface area (Å²) >= 11 is 0. The molecule has 0 aliphatic rings. The number of imidazole rings is 1. The predicted molar refractivity (Wildman–Crippen MR) is 88.3 cm³/mol. The van der Waals surface area contributed by atoms with E-state index >= 15 is 0 Å². The molecule has 1 aromatic heterocycles. The third-order valence-electron chi connectivity index (χ3n) is 3.25. The number of benzene rings is 1. The monoisotopic (exact) mass is 295 g/mol. The Morgan fingerprint density at radius 3 is 2.73 bits per heavy atom. The first kappa shape index (κ1) is 15.8. The number of carbonyl (C=O) groups excluding carboxylic acids is 1. The van der Waals surface area contributed by atoms with Gasteiger partial charge in [-0.3, -0.25) is 4.79 Å². The normalized spacial score (nSPS) is 10.2. The molecule has 0 fully saturated rings. The van der Waals surface area contributed by atoms with Gasteiger partial charge in [-0.15, -0.1) is 6.58 Å². The van der Waals surface area contributed by atoms with E-state index in [1.807, 2.05) is 30.5 Å². The fraction of sp³-hybridized carbons (Fsp3) is 0.222. The van der Waals surface area contributed by atoms with Gasteiger partial charge < -0.3 is 9.88 Å². The summed E-state index contributed by atoms with van der Waals surface area (Å²) in [7, 11) is 0. The van der Waals surface area contributed by atoms with Crippen LogP contribution < -0.4 is 5.32 Å². The zero-order valence-corrected chi connectivity index (χ0v) is 12.9. The molecule has 0 bridgehead atoms. The Labute approximate surface area is 131 Å². The molecule has 114 valence electrons. The molecular formula is C18H21N3O. The van der Waals surface area contributed by atoms with Crippen molar-refractivity contribution in [3.05, 3.63) is 78.4 Å². The maximum Gasteiger partial charge on any atom is 0.246 e. The zero-order chi connectivity index (χ0) is 15.9. The molecule has 0 aliphatic carbocycles. The molecule has 0 unspecified atom stereocenters. The van der Waals surface area contributed by atoms with E-state index in [4.69, 9.17) is 0 Å². The van der Waals surface area contributed by atoms with Gasteiger partial charge in [0.15, 0.2) is 0 Å². The number of amides is 1. The van der Waals surface area contributed by atoms with Crippen molar-refractivity contribution < 1.29 is 4.79 Å². The van der Waals surface area contributed by atoms with Gasteiger partial charge in [-0.05, 0) is 12.5 Å². The molecule has 0 saturated carbocycles. The Morgan fingerprint density at radius 2 is 2.09 bits per heavy atom. The summed E-state index contributed by atoms with van der Waals surface area (Å²) in [6.45, 7) is 10.2. The molecule has 0 aliphatic heterocycles. The van der Waals surface area contributed by atoms with Crippen LogP contribution in [0.25, 0.3) is 0 Å². The van der Waals surface area contributed by atoms with Crippen molar-refractivity contribution >= 4 is 5.91 Å². The van der Waals surface area contributed by atoms with Crippen molar-refractivity contribution in [2.24, 2.45) is 0 Å². The number of allylic oxidation sites excluding steroid dienone is 1. The van der Waals surface area contributed by atoms with Crippen LogP contribution in [0.15, 0.2) is 61.3 Å². The summed E-state index contributed by atoms with van der Waals surface area (Å²) in [6.07, 6.45) is 4.51. The minimum Gasteiger partial charge on any atom is -0.347 e. The van der Waals surface area contributed by atoms with E-state index in [1.54, 1.807) is 6.92 Å². The summed E-state index contributed by atoms with van der Waals surface area (Å²) in [4.78, 5) is 16.1. The second-order valence-electron chi connectivity index (χ2n) is 5.22. The van der Waals surface area contributed by atoms with Crippen molar-refractivity contribution in [2.75, 3.05) is 0 Å². The molecule has 1 aromatic carbocycles. The first-order valence-corrected chi connectivity index (χ1v) is 7.23. The van der Waals surface area contributed by atoms with Crippen LogP contribution in [0.3, 0.4) is 0 Å². The SMILES string of the molecule is C=CCc1nc(CNC(=O)C(=C)C)cn1Cc1ccccc1. The van der Waals surface area contributed by atoms with E-state index in [0.717, 1.165) is 18.1 Å².